The molecule has 0 heterocycles. The van der Waals surface area contributed by atoms with Crippen molar-refractivity contribution in [2.45, 2.75) is 20.5 Å². The number of carbonyl (C=O) groups excluding carboxylic acids is 1. The minimum atomic E-state index is -1.04. The van der Waals surface area contributed by atoms with E-state index in [-0.39, 0.29) is 22.9 Å². The third kappa shape index (κ3) is 3.77. The number of halogens is 2. The summed E-state index contributed by atoms with van der Waals surface area (Å²) >= 11 is 6.13. The van der Waals surface area contributed by atoms with Crippen molar-refractivity contribution in [1.82, 2.24) is 0 Å². The molecule has 0 unspecified atom stereocenters. The molecule has 0 radical (unpaired) electrons. The lowest BCUT2D eigenvalue weighted by Crippen LogP contribution is -2.28. The molecule has 128 valence electrons. The van der Waals surface area contributed by atoms with Crippen LogP contribution in [0.25, 0.3) is 0 Å². The van der Waals surface area contributed by atoms with Crippen LogP contribution in [0.2, 0.25) is 5.02 Å². The molecule has 0 aliphatic rings. The molecule has 0 aliphatic heterocycles. The summed E-state index contributed by atoms with van der Waals surface area (Å²) in [7, 11) is 1.11. The normalized spacial score (nSPS) is 10.4. The van der Waals surface area contributed by atoms with E-state index >= 15 is 0 Å². The number of hydrogen-bond acceptors (Lipinski definition) is 4. The van der Waals surface area contributed by atoms with E-state index in [1.54, 1.807) is 12.1 Å². The van der Waals surface area contributed by atoms with Gasteiger partial charge in [0, 0.05) is 0 Å². The van der Waals surface area contributed by atoms with Crippen LogP contribution in [0.3, 0.4) is 0 Å². The Labute approximate surface area is 144 Å². The van der Waals surface area contributed by atoms with Crippen LogP contribution < -0.4 is 9.80 Å². The number of hydroxylamine groups is 1. The number of methoxy groups -OCH3 is 1. The molecule has 7 heteroatoms. The summed E-state index contributed by atoms with van der Waals surface area (Å²) in [6.07, 6.45) is -1.04. The van der Waals surface area contributed by atoms with Gasteiger partial charge in [0.25, 0.3) is 0 Å². The van der Waals surface area contributed by atoms with Crippen LogP contribution in [0, 0.1) is 19.7 Å². The van der Waals surface area contributed by atoms with E-state index in [1.807, 2.05) is 13.8 Å². The van der Waals surface area contributed by atoms with Crippen LogP contribution in [0.5, 0.6) is 5.75 Å². The zero-order chi connectivity index (χ0) is 17.9. The molecule has 0 bridgehead atoms. The molecule has 24 heavy (non-hydrogen) atoms. The van der Waals surface area contributed by atoms with Gasteiger partial charge in [-0.05, 0) is 49.2 Å². The molecule has 0 saturated carbocycles. The Kier molecular flexibility index (Phi) is 5.64. The zero-order valence-electron chi connectivity index (χ0n) is 13.5. The number of aryl methyl sites for hydroxylation is 2. The van der Waals surface area contributed by atoms with Crippen molar-refractivity contribution in [3.8, 4) is 5.75 Å². The minimum Gasteiger partial charge on any atom is -0.487 e. The van der Waals surface area contributed by atoms with Crippen LogP contribution in [0.1, 0.15) is 16.7 Å². The summed E-state index contributed by atoms with van der Waals surface area (Å²) in [4.78, 5) is 11.5. The summed E-state index contributed by atoms with van der Waals surface area (Å²) in [5.41, 5.74) is 1.91. The molecule has 2 aromatic carbocycles. The predicted octanol–water partition coefficient (Wildman–Crippen LogP) is 4.64. The van der Waals surface area contributed by atoms with Gasteiger partial charge in [0.15, 0.2) is 0 Å². The van der Waals surface area contributed by atoms with Gasteiger partial charge in [0.05, 0.1) is 23.4 Å². The van der Waals surface area contributed by atoms with Crippen LogP contribution in [0.4, 0.5) is 14.9 Å². The Morgan fingerprint density at radius 3 is 2.62 bits per heavy atom. The third-order valence-corrected chi connectivity index (χ3v) is 3.89. The van der Waals surface area contributed by atoms with Crippen LogP contribution in [-0.4, -0.2) is 18.4 Å². The molecule has 0 fully saturated rings. The van der Waals surface area contributed by atoms with Crippen molar-refractivity contribution in [3.63, 3.8) is 0 Å². The fourth-order valence-electron chi connectivity index (χ4n) is 2.09. The molecule has 0 spiro atoms. The Balaban J connectivity index is 2.30. The van der Waals surface area contributed by atoms with Crippen molar-refractivity contribution in [2.24, 2.45) is 0 Å². The van der Waals surface area contributed by atoms with E-state index in [0.29, 0.717) is 10.8 Å². The minimum absolute atomic E-state index is 0.000283. The monoisotopic (exact) mass is 353 g/mol. The second-order valence-corrected chi connectivity index (χ2v) is 5.58. The molecule has 0 aliphatic carbocycles. The Morgan fingerprint density at radius 1 is 1.29 bits per heavy atom. The van der Waals surface area contributed by atoms with Crippen LogP contribution in [0.15, 0.2) is 30.3 Å². The van der Waals surface area contributed by atoms with Crippen molar-refractivity contribution in [1.29, 1.82) is 0 Å². The third-order valence-electron chi connectivity index (χ3n) is 3.59. The maximum Gasteiger partial charge on any atom is 0.438 e. The molecular formula is C17H17ClFNO4. The smallest absolute Gasteiger partial charge is 0.438 e. The lowest BCUT2D eigenvalue weighted by Gasteiger charge is -2.18. The van der Waals surface area contributed by atoms with Gasteiger partial charge in [-0.15, -0.1) is 0 Å². The highest BCUT2D eigenvalue weighted by atomic mass is 35.5. The molecule has 0 saturated heterocycles. The molecule has 2 rings (SSSR count). The fourth-order valence-corrected chi connectivity index (χ4v) is 2.36. The van der Waals surface area contributed by atoms with Gasteiger partial charge >= 0.3 is 6.09 Å². The highest BCUT2D eigenvalue weighted by Crippen LogP contribution is 2.30. The largest absolute Gasteiger partial charge is 0.487 e. The fraction of sp³-hybridized carbons (Fsp3) is 0.235. The maximum absolute atomic E-state index is 14.1. The van der Waals surface area contributed by atoms with Crippen molar-refractivity contribution in [2.75, 3.05) is 12.2 Å². The molecule has 0 aromatic heterocycles. The lowest BCUT2D eigenvalue weighted by molar-refractivity contribution is 0.140. The van der Waals surface area contributed by atoms with E-state index in [4.69, 9.17) is 16.3 Å². The summed E-state index contributed by atoms with van der Waals surface area (Å²) < 4.78 is 24.1. The summed E-state index contributed by atoms with van der Waals surface area (Å²) in [5.74, 6) is -0.244. The van der Waals surface area contributed by atoms with Gasteiger partial charge < -0.3 is 9.47 Å². The van der Waals surface area contributed by atoms with Crippen LogP contribution in [-0.2, 0) is 11.3 Å². The number of amides is 1. The highest BCUT2D eigenvalue weighted by Gasteiger charge is 2.20. The molecule has 1 amide bonds. The maximum atomic E-state index is 14.1. The molecule has 0 atom stereocenters. The number of hydrogen-bond donors (Lipinski definition) is 1. The molecular weight excluding hydrogens is 337 g/mol. The first-order valence-electron chi connectivity index (χ1n) is 7.09. The van der Waals surface area contributed by atoms with Crippen molar-refractivity contribution >= 4 is 23.4 Å². The number of anilines is 1. The number of nitrogens with zero attached hydrogens (tertiary/aromatic N) is 1. The van der Waals surface area contributed by atoms with E-state index < -0.39 is 11.9 Å². The average Bonchev–Trinajstić information content (AvgIpc) is 2.56. The van der Waals surface area contributed by atoms with E-state index in [9.17, 15) is 14.4 Å². The topological polar surface area (TPSA) is 59.0 Å². The van der Waals surface area contributed by atoms with E-state index in [1.165, 1.54) is 18.2 Å². The average molecular weight is 354 g/mol. The first-order chi connectivity index (χ1) is 11.3. The van der Waals surface area contributed by atoms with Crippen molar-refractivity contribution in [3.05, 3.63) is 57.9 Å². The predicted molar refractivity (Wildman–Crippen MR) is 88.3 cm³/mol. The first-order valence-corrected chi connectivity index (χ1v) is 7.46. The van der Waals surface area contributed by atoms with Gasteiger partial charge in [-0.25, -0.2) is 9.18 Å². The Hall–Kier alpha value is -2.31. The zero-order valence-corrected chi connectivity index (χ0v) is 14.2. The Morgan fingerprint density at radius 2 is 1.96 bits per heavy atom. The highest BCUT2D eigenvalue weighted by molar-refractivity contribution is 6.32. The SMILES string of the molecule is COC(=O)N(O)c1cccc(F)c1COc1cc(C)c(C)cc1Cl. The van der Waals surface area contributed by atoms with Gasteiger partial charge in [0.2, 0.25) is 0 Å². The van der Waals surface area contributed by atoms with Gasteiger partial charge in [-0.1, -0.05) is 17.7 Å². The van der Waals surface area contributed by atoms with E-state index in [2.05, 4.69) is 4.74 Å². The standard InChI is InChI=1S/C17H17ClFNO4/c1-10-7-13(18)16(8-11(10)2)24-9-12-14(19)5-4-6-15(12)20(22)17(21)23-3/h4-8,22H,9H2,1-3H3. The lowest BCUT2D eigenvalue weighted by atomic mass is 10.1. The summed E-state index contributed by atoms with van der Waals surface area (Å²) in [6.45, 7) is 3.60. The number of rotatable bonds is 4. The van der Waals surface area contributed by atoms with E-state index in [0.717, 1.165) is 18.2 Å². The van der Waals surface area contributed by atoms with Gasteiger partial charge in [0.1, 0.15) is 18.2 Å². The second kappa shape index (κ2) is 7.51. The van der Waals surface area contributed by atoms with Gasteiger partial charge in [-0.2, -0.15) is 5.06 Å². The Bertz CT molecular complexity index is 766. The quantitative estimate of drug-likeness (QED) is 0.642. The summed E-state index contributed by atoms with van der Waals surface area (Å²) in [6, 6.07) is 7.44. The summed E-state index contributed by atoms with van der Waals surface area (Å²) in [5, 5.41) is 10.5. The molecule has 2 aromatic rings. The molecule has 5 nitrogen and oxygen atoms in total. The van der Waals surface area contributed by atoms with Crippen LogP contribution >= 0.6 is 11.6 Å². The molecule has 1 N–H and O–H groups in total. The number of benzene rings is 2. The second-order valence-electron chi connectivity index (χ2n) is 5.17. The number of ether oxygens (including phenoxy) is 2. The van der Waals surface area contributed by atoms with Crippen molar-refractivity contribution < 1.29 is 23.9 Å². The first kappa shape index (κ1) is 18.0. The van der Waals surface area contributed by atoms with Gasteiger partial charge in [-0.3, -0.25) is 5.21 Å². The number of carbonyl (C=O) groups is 1.